The number of pyridine rings is 1. The number of esters is 1. The molecule has 0 fully saturated rings. The molecule has 4 heterocycles. The standard InChI is InChI=1S/C28H32N4O2/c1-16-20-12-26-27-23(14-32(26)17(2)24(20)15-34-28(16)33)22(13-31(3)9-5-8-29)21-10-18-6-4-7-19(18)11-25(21)30-27/h10-12,16H,2,4-9,13-15,29H2,1,3H3. The molecule has 2 N–H and O–H groups in total. The number of nitrogens with two attached hydrogens (primary N) is 1. The highest BCUT2D eigenvalue weighted by atomic mass is 16.5. The van der Waals surface area contributed by atoms with Crippen molar-refractivity contribution in [3.05, 3.63) is 69.6 Å². The van der Waals surface area contributed by atoms with Crippen molar-refractivity contribution in [3.63, 3.8) is 0 Å². The molecule has 0 radical (unpaired) electrons. The number of benzene rings is 1. The van der Waals surface area contributed by atoms with Gasteiger partial charge in [0.05, 0.1) is 29.4 Å². The first kappa shape index (κ1) is 21.6. The van der Waals surface area contributed by atoms with Crippen LogP contribution in [0.1, 0.15) is 47.7 Å². The molecule has 1 unspecified atom stereocenters. The fourth-order valence-electron chi connectivity index (χ4n) is 5.98. The van der Waals surface area contributed by atoms with Crippen LogP contribution in [0.3, 0.4) is 0 Å². The van der Waals surface area contributed by atoms with Gasteiger partial charge in [0.1, 0.15) is 6.61 Å². The lowest BCUT2D eigenvalue weighted by molar-refractivity contribution is -0.146. The third kappa shape index (κ3) is 3.23. The summed E-state index contributed by atoms with van der Waals surface area (Å²) in [5, 5.41) is 1.27. The van der Waals surface area contributed by atoms with E-state index in [9.17, 15) is 4.79 Å². The highest BCUT2D eigenvalue weighted by Crippen LogP contribution is 2.46. The van der Waals surface area contributed by atoms with Crippen LogP contribution < -0.4 is 5.73 Å². The zero-order valence-electron chi connectivity index (χ0n) is 20.1. The SMILES string of the molecule is C=C1C2=C(C=C3c4nc5cc6c(cc5c(CN(C)CCCN)c4CN13)CCC6)C(C)C(=O)OC2. The van der Waals surface area contributed by atoms with Crippen LogP contribution in [-0.2, 0) is 35.5 Å². The smallest absolute Gasteiger partial charge is 0.313 e. The summed E-state index contributed by atoms with van der Waals surface area (Å²) in [4.78, 5) is 22.1. The minimum absolute atomic E-state index is 0.167. The van der Waals surface area contributed by atoms with E-state index in [1.807, 2.05) is 6.92 Å². The van der Waals surface area contributed by atoms with Gasteiger partial charge in [-0.1, -0.05) is 6.58 Å². The Morgan fingerprint density at radius 3 is 2.88 bits per heavy atom. The van der Waals surface area contributed by atoms with E-state index in [1.54, 1.807) is 0 Å². The van der Waals surface area contributed by atoms with Gasteiger partial charge in [0.15, 0.2) is 0 Å². The van der Waals surface area contributed by atoms with Crippen LogP contribution in [0, 0.1) is 5.92 Å². The molecule has 1 aromatic heterocycles. The lowest BCUT2D eigenvalue weighted by Gasteiger charge is -2.34. The third-order valence-electron chi connectivity index (χ3n) is 7.93. The van der Waals surface area contributed by atoms with Gasteiger partial charge < -0.3 is 20.3 Å². The van der Waals surface area contributed by atoms with Crippen molar-refractivity contribution in [1.82, 2.24) is 14.8 Å². The minimum Gasteiger partial charge on any atom is -0.460 e. The van der Waals surface area contributed by atoms with Gasteiger partial charge in [-0.15, -0.1) is 0 Å². The summed E-state index contributed by atoms with van der Waals surface area (Å²) in [6.07, 6.45) is 6.66. The van der Waals surface area contributed by atoms with E-state index in [0.29, 0.717) is 13.2 Å². The average molecular weight is 457 g/mol. The summed E-state index contributed by atoms with van der Waals surface area (Å²) in [6, 6.07) is 4.71. The van der Waals surface area contributed by atoms with E-state index in [2.05, 4.69) is 41.6 Å². The lowest BCUT2D eigenvalue weighted by atomic mass is 9.88. The molecule has 6 rings (SSSR count). The van der Waals surface area contributed by atoms with E-state index in [1.165, 1.54) is 34.1 Å². The number of aryl methyl sites for hydroxylation is 2. The number of carbonyl (C=O) groups is 1. The van der Waals surface area contributed by atoms with E-state index < -0.39 is 0 Å². The summed E-state index contributed by atoms with van der Waals surface area (Å²) in [6.45, 7) is 9.91. The Kier molecular flexibility index (Phi) is 5.12. The Labute approximate surface area is 200 Å². The summed E-state index contributed by atoms with van der Waals surface area (Å²) in [5.41, 5.74) is 17.5. The van der Waals surface area contributed by atoms with Gasteiger partial charge in [-0.25, -0.2) is 4.98 Å². The van der Waals surface area contributed by atoms with Crippen LogP contribution in [0.15, 0.2) is 41.6 Å². The zero-order valence-corrected chi connectivity index (χ0v) is 20.1. The molecule has 1 atom stereocenters. The van der Waals surface area contributed by atoms with Crippen molar-refractivity contribution in [2.45, 2.75) is 45.7 Å². The van der Waals surface area contributed by atoms with Gasteiger partial charge >= 0.3 is 5.97 Å². The maximum absolute atomic E-state index is 12.3. The summed E-state index contributed by atoms with van der Waals surface area (Å²) in [5.74, 6) is -0.455. The number of hydrogen-bond donors (Lipinski definition) is 1. The number of ether oxygens (including phenoxy) is 1. The van der Waals surface area contributed by atoms with Gasteiger partial charge in [0.2, 0.25) is 0 Å². The van der Waals surface area contributed by atoms with Crippen LogP contribution in [0.5, 0.6) is 0 Å². The first-order valence-corrected chi connectivity index (χ1v) is 12.4. The van der Waals surface area contributed by atoms with Gasteiger partial charge in [-0.2, -0.15) is 0 Å². The number of nitrogens with zero attached hydrogens (tertiary/aromatic N) is 3. The molecule has 0 spiro atoms. The first-order chi connectivity index (χ1) is 16.5. The maximum atomic E-state index is 12.3. The molecular formula is C28H32N4O2. The second-order valence-corrected chi connectivity index (χ2v) is 10.1. The Hall–Kier alpha value is -2.96. The van der Waals surface area contributed by atoms with Crippen molar-refractivity contribution in [2.75, 3.05) is 26.7 Å². The van der Waals surface area contributed by atoms with Crippen molar-refractivity contribution in [3.8, 4) is 0 Å². The van der Waals surface area contributed by atoms with Crippen molar-refractivity contribution in [1.29, 1.82) is 0 Å². The topological polar surface area (TPSA) is 71.7 Å². The minimum atomic E-state index is -0.287. The number of allylic oxidation sites excluding steroid dienone is 1. The highest BCUT2D eigenvalue weighted by Gasteiger charge is 2.39. The van der Waals surface area contributed by atoms with Crippen molar-refractivity contribution >= 4 is 22.6 Å². The van der Waals surface area contributed by atoms with E-state index in [0.717, 1.165) is 72.6 Å². The van der Waals surface area contributed by atoms with Gasteiger partial charge in [-0.3, -0.25) is 4.79 Å². The second-order valence-electron chi connectivity index (χ2n) is 10.1. The van der Waals surface area contributed by atoms with Crippen LogP contribution in [0.25, 0.3) is 16.6 Å². The number of fused-ring (bicyclic) bond motifs is 5. The Balaban J connectivity index is 1.52. The Morgan fingerprint density at radius 1 is 1.29 bits per heavy atom. The third-order valence-corrected chi connectivity index (χ3v) is 7.93. The molecule has 0 saturated carbocycles. The van der Waals surface area contributed by atoms with Crippen LogP contribution in [0.4, 0.5) is 0 Å². The van der Waals surface area contributed by atoms with E-state index in [-0.39, 0.29) is 11.9 Å². The Morgan fingerprint density at radius 2 is 2.09 bits per heavy atom. The van der Waals surface area contributed by atoms with Crippen molar-refractivity contribution in [2.24, 2.45) is 11.7 Å². The molecule has 0 bridgehead atoms. The van der Waals surface area contributed by atoms with Gasteiger partial charge in [0.25, 0.3) is 0 Å². The largest absolute Gasteiger partial charge is 0.460 e. The monoisotopic (exact) mass is 456 g/mol. The number of hydrogen-bond acceptors (Lipinski definition) is 6. The molecule has 176 valence electrons. The fraction of sp³-hybridized carbons (Fsp3) is 0.429. The van der Waals surface area contributed by atoms with Crippen LogP contribution in [-0.4, -0.2) is 47.5 Å². The number of aromatic nitrogens is 1. The summed E-state index contributed by atoms with van der Waals surface area (Å²) >= 11 is 0. The van der Waals surface area contributed by atoms with E-state index in [4.69, 9.17) is 15.5 Å². The zero-order chi connectivity index (χ0) is 23.6. The summed E-state index contributed by atoms with van der Waals surface area (Å²) in [7, 11) is 2.17. The molecule has 1 aliphatic carbocycles. The molecule has 1 aromatic carbocycles. The first-order valence-electron chi connectivity index (χ1n) is 12.4. The molecule has 6 nitrogen and oxygen atoms in total. The van der Waals surface area contributed by atoms with E-state index >= 15 is 0 Å². The lowest BCUT2D eigenvalue weighted by Crippen LogP contribution is -2.31. The molecule has 34 heavy (non-hydrogen) atoms. The van der Waals surface area contributed by atoms with Crippen molar-refractivity contribution < 1.29 is 9.53 Å². The number of rotatable bonds is 5. The molecule has 4 aliphatic rings. The predicted octanol–water partition coefficient (Wildman–Crippen LogP) is 3.68. The fourth-order valence-corrected chi connectivity index (χ4v) is 5.98. The van der Waals surface area contributed by atoms with Gasteiger partial charge in [0, 0.05) is 28.8 Å². The quantitative estimate of drug-likeness (QED) is 0.692. The number of cyclic esters (lactones) is 1. The molecular weight excluding hydrogens is 424 g/mol. The van der Waals surface area contributed by atoms with Crippen LogP contribution >= 0.6 is 0 Å². The maximum Gasteiger partial charge on any atom is 0.313 e. The molecule has 0 saturated heterocycles. The molecule has 2 aromatic rings. The number of carbonyl (C=O) groups excluding carboxylic acids is 1. The normalized spacial score (nSPS) is 21.0. The van der Waals surface area contributed by atoms with Gasteiger partial charge in [-0.05, 0) is 93.2 Å². The predicted molar refractivity (Wildman–Crippen MR) is 134 cm³/mol. The van der Waals surface area contributed by atoms with Crippen LogP contribution in [0.2, 0.25) is 0 Å². The Bertz CT molecular complexity index is 1310. The second kappa shape index (κ2) is 8.07. The highest BCUT2D eigenvalue weighted by molar-refractivity contribution is 5.91. The molecule has 0 amide bonds. The molecule has 6 heteroatoms. The average Bonchev–Trinajstić information content (AvgIpc) is 3.43. The summed E-state index contributed by atoms with van der Waals surface area (Å²) < 4.78 is 5.43. The molecule has 3 aliphatic heterocycles.